The Morgan fingerprint density at radius 1 is 1.12 bits per heavy atom. The van der Waals surface area contributed by atoms with Crippen molar-refractivity contribution < 1.29 is 27.7 Å². The first-order valence-electron chi connectivity index (χ1n) is 9.80. The largest absolute Gasteiger partial charge is 0.452 e. The molecule has 176 valence electrons. The summed E-state index contributed by atoms with van der Waals surface area (Å²) in [5, 5.41) is 14.2. The minimum absolute atomic E-state index is 0.0626. The van der Waals surface area contributed by atoms with Crippen molar-refractivity contribution in [2.75, 3.05) is 45.2 Å². The maximum absolute atomic E-state index is 12.7. The topological polar surface area (TPSA) is 139 Å². The fraction of sp³-hybridized carbons (Fsp3) is 0.300. The first-order chi connectivity index (χ1) is 15.6. The number of sulfonamides is 1. The van der Waals surface area contributed by atoms with Gasteiger partial charge < -0.3 is 15.0 Å². The van der Waals surface area contributed by atoms with Crippen LogP contribution in [0.3, 0.4) is 0 Å². The molecule has 0 radical (unpaired) electrons. The number of rotatable bonds is 7. The van der Waals surface area contributed by atoms with Gasteiger partial charge in [-0.05, 0) is 36.4 Å². The molecule has 11 nitrogen and oxygen atoms in total. The third-order valence-electron chi connectivity index (χ3n) is 5.07. The molecule has 0 saturated carbocycles. The third-order valence-corrected chi connectivity index (χ3v) is 7.23. The number of nitrogens with zero attached hydrogens (tertiary/aromatic N) is 3. The zero-order valence-electron chi connectivity index (χ0n) is 17.6. The number of carbonyl (C=O) groups excluding carboxylic acids is 2. The molecule has 0 aromatic heterocycles. The number of anilines is 1. The molecule has 1 aliphatic rings. The summed E-state index contributed by atoms with van der Waals surface area (Å²) in [6.45, 7) is -0.133. The molecule has 0 atom stereocenters. The molecule has 1 fully saturated rings. The maximum Gasteiger partial charge on any atom is 0.338 e. The highest BCUT2D eigenvalue weighted by molar-refractivity contribution is 7.89. The number of hydrogen-bond acceptors (Lipinski definition) is 8. The zero-order valence-corrected chi connectivity index (χ0v) is 19.1. The maximum atomic E-state index is 12.7. The highest BCUT2D eigenvalue weighted by Gasteiger charge is 2.30. The van der Waals surface area contributed by atoms with Crippen LogP contribution < -0.4 is 5.32 Å². The van der Waals surface area contributed by atoms with Crippen LogP contribution in [-0.2, 0) is 19.6 Å². The predicted octanol–water partition coefficient (Wildman–Crippen LogP) is 1.98. The van der Waals surface area contributed by atoms with Crippen LogP contribution in [0.2, 0.25) is 5.02 Å². The van der Waals surface area contributed by atoms with Crippen molar-refractivity contribution in [1.29, 1.82) is 0 Å². The number of amides is 1. The molecule has 1 saturated heterocycles. The van der Waals surface area contributed by atoms with Crippen LogP contribution in [0.1, 0.15) is 10.4 Å². The van der Waals surface area contributed by atoms with E-state index in [2.05, 4.69) is 5.32 Å². The van der Waals surface area contributed by atoms with Crippen molar-refractivity contribution in [3.05, 3.63) is 63.2 Å². The molecule has 3 rings (SSSR count). The summed E-state index contributed by atoms with van der Waals surface area (Å²) in [6.07, 6.45) is 0. The van der Waals surface area contributed by atoms with Crippen molar-refractivity contribution in [3.63, 3.8) is 0 Å². The van der Waals surface area contributed by atoms with Gasteiger partial charge in [0.25, 0.3) is 11.6 Å². The van der Waals surface area contributed by atoms with E-state index in [1.54, 1.807) is 0 Å². The van der Waals surface area contributed by atoms with Crippen LogP contribution in [0, 0.1) is 10.1 Å². The fourth-order valence-electron chi connectivity index (χ4n) is 3.26. The lowest BCUT2D eigenvalue weighted by Crippen LogP contribution is -2.51. The number of nitrogens with one attached hydrogen (secondary N) is 1. The first kappa shape index (κ1) is 24.4. The van der Waals surface area contributed by atoms with Gasteiger partial charge in [-0.1, -0.05) is 11.6 Å². The molecular formula is C20H21ClN4O7S. The average Bonchev–Trinajstić information content (AvgIpc) is 2.82. The smallest absolute Gasteiger partial charge is 0.338 e. The molecular weight excluding hydrogens is 476 g/mol. The van der Waals surface area contributed by atoms with E-state index in [4.69, 9.17) is 16.3 Å². The number of carbonyl (C=O) groups is 2. The highest BCUT2D eigenvalue weighted by atomic mass is 35.5. The van der Waals surface area contributed by atoms with Crippen LogP contribution in [0.5, 0.6) is 0 Å². The highest BCUT2D eigenvalue weighted by Crippen LogP contribution is 2.25. The minimum atomic E-state index is -3.72. The van der Waals surface area contributed by atoms with Gasteiger partial charge in [0.1, 0.15) is 5.69 Å². The second-order valence-electron chi connectivity index (χ2n) is 7.05. The lowest BCUT2D eigenvalue weighted by molar-refractivity contribution is -0.384. The van der Waals surface area contributed by atoms with Crippen molar-refractivity contribution >= 4 is 44.9 Å². The van der Waals surface area contributed by atoms with E-state index in [0.717, 1.165) is 6.07 Å². The second-order valence-corrected chi connectivity index (χ2v) is 9.43. The molecule has 33 heavy (non-hydrogen) atoms. The van der Waals surface area contributed by atoms with E-state index in [9.17, 15) is 28.1 Å². The number of esters is 1. The summed E-state index contributed by atoms with van der Waals surface area (Å²) < 4.78 is 31.7. The van der Waals surface area contributed by atoms with E-state index in [-0.39, 0.29) is 48.0 Å². The monoisotopic (exact) mass is 496 g/mol. The van der Waals surface area contributed by atoms with Gasteiger partial charge in [0.2, 0.25) is 10.0 Å². The molecule has 0 unspecified atom stereocenters. The molecule has 1 N–H and O–H groups in total. The Bertz CT molecular complexity index is 1160. The van der Waals surface area contributed by atoms with Crippen LogP contribution in [0.15, 0.2) is 47.4 Å². The molecule has 0 bridgehead atoms. The van der Waals surface area contributed by atoms with Gasteiger partial charge in [0.05, 0.1) is 15.4 Å². The van der Waals surface area contributed by atoms with E-state index in [1.807, 2.05) is 0 Å². The minimum Gasteiger partial charge on any atom is -0.452 e. The Hall–Kier alpha value is -3.22. The van der Waals surface area contributed by atoms with Crippen LogP contribution >= 0.6 is 11.6 Å². The molecule has 0 spiro atoms. The van der Waals surface area contributed by atoms with Gasteiger partial charge >= 0.3 is 5.97 Å². The predicted molar refractivity (Wildman–Crippen MR) is 120 cm³/mol. The number of nitro groups is 1. The van der Waals surface area contributed by atoms with Crippen LogP contribution in [0.4, 0.5) is 11.4 Å². The Balaban J connectivity index is 1.55. The number of benzene rings is 2. The number of ether oxygens (including phenoxy) is 1. The van der Waals surface area contributed by atoms with Crippen molar-refractivity contribution in [2.24, 2.45) is 0 Å². The van der Waals surface area contributed by atoms with Crippen molar-refractivity contribution in [3.8, 4) is 0 Å². The standard InChI is InChI=1S/C20H21ClN4O7S/c1-22-17-7-2-14(12-18(17)25(28)29)20(27)32-13-19(26)23-8-10-24(11-9-23)33(30,31)16-5-3-15(21)4-6-16/h2-7,12,22H,8-11,13H2,1H3. The van der Waals surface area contributed by atoms with Crippen LogP contribution in [0.25, 0.3) is 0 Å². The van der Waals surface area contributed by atoms with Gasteiger partial charge in [-0.15, -0.1) is 0 Å². The first-order valence-corrected chi connectivity index (χ1v) is 11.6. The summed E-state index contributed by atoms with van der Waals surface area (Å²) in [4.78, 5) is 36.7. The molecule has 0 aliphatic carbocycles. The molecule has 1 heterocycles. The van der Waals surface area contributed by atoms with Gasteiger partial charge in [-0.2, -0.15) is 4.31 Å². The van der Waals surface area contributed by atoms with Crippen molar-refractivity contribution in [2.45, 2.75) is 4.90 Å². The molecule has 2 aromatic rings. The number of halogens is 1. The third kappa shape index (κ3) is 5.59. The Morgan fingerprint density at radius 3 is 2.33 bits per heavy atom. The Labute approximate surface area is 195 Å². The SMILES string of the molecule is CNc1ccc(C(=O)OCC(=O)N2CCN(S(=O)(=O)c3ccc(Cl)cc3)CC2)cc1[N+](=O)[O-]. The van der Waals surface area contributed by atoms with Gasteiger partial charge in [-0.25, -0.2) is 13.2 Å². The summed E-state index contributed by atoms with van der Waals surface area (Å²) in [7, 11) is -2.20. The molecule has 1 amide bonds. The van der Waals surface area contributed by atoms with E-state index in [0.29, 0.717) is 5.02 Å². The van der Waals surface area contributed by atoms with Crippen molar-refractivity contribution in [1.82, 2.24) is 9.21 Å². The summed E-state index contributed by atoms with van der Waals surface area (Å²) in [5.74, 6) is -1.37. The average molecular weight is 497 g/mol. The molecule has 1 aliphatic heterocycles. The molecule has 13 heteroatoms. The summed E-state index contributed by atoms with van der Waals surface area (Å²) >= 11 is 5.81. The lowest BCUT2D eigenvalue weighted by Gasteiger charge is -2.33. The van der Waals surface area contributed by atoms with E-state index in [1.165, 1.54) is 52.7 Å². The van der Waals surface area contributed by atoms with Gasteiger partial charge in [0.15, 0.2) is 6.61 Å². The quantitative estimate of drug-likeness (QED) is 0.348. The van der Waals surface area contributed by atoms with Gasteiger partial charge in [-0.3, -0.25) is 14.9 Å². The van der Waals surface area contributed by atoms with Gasteiger partial charge in [0, 0.05) is 44.3 Å². The Kier molecular flexibility index (Phi) is 7.51. The second kappa shape index (κ2) is 10.1. The zero-order chi connectivity index (χ0) is 24.2. The van der Waals surface area contributed by atoms with E-state index >= 15 is 0 Å². The molecule has 2 aromatic carbocycles. The van der Waals surface area contributed by atoms with Crippen LogP contribution in [-0.4, -0.2) is 74.3 Å². The normalized spacial score (nSPS) is 14.5. The lowest BCUT2D eigenvalue weighted by atomic mass is 10.1. The fourth-order valence-corrected chi connectivity index (χ4v) is 4.80. The Morgan fingerprint density at radius 2 is 1.76 bits per heavy atom. The number of nitro benzene ring substituents is 1. The number of hydrogen-bond donors (Lipinski definition) is 1. The summed E-state index contributed by atoms with van der Waals surface area (Å²) in [5.41, 5.74) is -0.122. The van der Waals surface area contributed by atoms with E-state index < -0.39 is 33.4 Å². The summed E-state index contributed by atoms with van der Waals surface area (Å²) in [6, 6.07) is 9.61. The number of piperazine rings is 1.